The van der Waals surface area contributed by atoms with E-state index in [9.17, 15) is 9.59 Å². The zero-order valence-electron chi connectivity index (χ0n) is 15.9. The lowest BCUT2D eigenvalue weighted by molar-refractivity contribution is -0.127. The molecule has 2 aromatic rings. The van der Waals surface area contributed by atoms with Gasteiger partial charge in [-0.05, 0) is 38.0 Å². The van der Waals surface area contributed by atoms with Gasteiger partial charge in [-0.25, -0.2) is 4.79 Å². The SMILES string of the molecule is CN1C(=O)C(C)(C)COc2cc(NC(=O)NCCc3ccccc3)ccc21. The van der Waals surface area contributed by atoms with Gasteiger partial charge >= 0.3 is 6.03 Å². The minimum absolute atomic E-state index is 0.000569. The Labute approximate surface area is 159 Å². The third-order valence-corrected chi connectivity index (χ3v) is 4.59. The third kappa shape index (κ3) is 4.39. The number of hydrogen-bond acceptors (Lipinski definition) is 3. The highest BCUT2D eigenvalue weighted by Crippen LogP contribution is 2.37. The molecular weight excluding hydrogens is 342 g/mol. The minimum Gasteiger partial charge on any atom is -0.490 e. The lowest BCUT2D eigenvalue weighted by atomic mass is 9.93. The van der Waals surface area contributed by atoms with E-state index >= 15 is 0 Å². The highest BCUT2D eigenvalue weighted by atomic mass is 16.5. The van der Waals surface area contributed by atoms with Gasteiger partial charge in [0.25, 0.3) is 0 Å². The predicted molar refractivity (Wildman–Crippen MR) is 106 cm³/mol. The van der Waals surface area contributed by atoms with E-state index in [1.165, 1.54) is 5.56 Å². The van der Waals surface area contributed by atoms with E-state index in [2.05, 4.69) is 10.6 Å². The number of fused-ring (bicyclic) bond motifs is 1. The summed E-state index contributed by atoms with van der Waals surface area (Å²) in [4.78, 5) is 26.2. The van der Waals surface area contributed by atoms with Crippen LogP contribution in [0.5, 0.6) is 5.75 Å². The van der Waals surface area contributed by atoms with Crippen LogP contribution in [-0.4, -0.2) is 32.1 Å². The number of hydrogen-bond donors (Lipinski definition) is 2. The Kier molecular flexibility index (Phi) is 5.35. The van der Waals surface area contributed by atoms with Gasteiger partial charge in [0.15, 0.2) is 0 Å². The normalized spacial score (nSPS) is 15.4. The van der Waals surface area contributed by atoms with E-state index in [0.29, 0.717) is 23.7 Å². The van der Waals surface area contributed by atoms with Crippen LogP contribution in [0.4, 0.5) is 16.2 Å². The van der Waals surface area contributed by atoms with Crippen LogP contribution in [0.15, 0.2) is 48.5 Å². The predicted octanol–water partition coefficient (Wildman–Crippen LogP) is 3.43. The number of urea groups is 1. The molecule has 2 N–H and O–H groups in total. The van der Waals surface area contributed by atoms with Crippen molar-refractivity contribution in [1.29, 1.82) is 0 Å². The number of anilines is 2. The number of nitrogens with one attached hydrogen (secondary N) is 2. The highest BCUT2D eigenvalue weighted by Gasteiger charge is 2.36. The molecule has 142 valence electrons. The Bertz CT molecular complexity index is 834. The van der Waals surface area contributed by atoms with E-state index in [-0.39, 0.29) is 18.5 Å². The van der Waals surface area contributed by atoms with E-state index in [0.717, 1.165) is 6.42 Å². The smallest absolute Gasteiger partial charge is 0.319 e. The summed E-state index contributed by atoms with van der Waals surface area (Å²) >= 11 is 0. The molecule has 1 aliphatic rings. The van der Waals surface area contributed by atoms with Crippen LogP contribution in [-0.2, 0) is 11.2 Å². The van der Waals surface area contributed by atoms with Crippen molar-refractivity contribution in [3.05, 3.63) is 54.1 Å². The summed E-state index contributed by atoms with van der Waals surface area (Å²) in [6, 6.07) is 15.0. The molecule has 6 heteroatoms. The van der Waals surface area contributed by atoms with Gasteiger partial charge in [0.1, 0.15) is 12.4 Å². The second-order valence-electron chi connectivity index (χ2n) is 7.34. The molecule has 0 aliphatic carbocycles. The minimum atomic E-state index is -0.601. The highest BCUT2D eigenvalue weighted by molar-refractivity contribution is 5.99. The van der Waals surface area contributed by atoms with Crippen molar-refractivity contribution in [2.45, 2.75) is 20.3 Å². The second-order valence-corrected chi connectivity index (χ2v) is 7.34. The van der Waals surface area contributed by atoms with Crippen LogP contribution < -0.4 is 20.3 Å². The number of nitrogens with zero attached hydrogens (tertiary/aromatic N) is 1. The Morgan fingerprint density at radius 1 is 1.19 bits per heavy atom. The number of carbonyl (C=O) groups excluding carboxylic acids is 2. The average molecular weight is 367 g/mol. The first kappa shape index (κ1) is 18.8. The van der Waals surface area contributed by atoms with Gasteiger partial charge in [0.2, 0.25) is 5.91 Å². The Morgan fingerprint density at radius 3 is 2.67 bits per heavy atom. The molecule has 3 amide bonds. The van der Waals surface area contributed by atoms with Crippen LogP contribution in [0.1, 0.15) is 19.4 Å². The maximum Gasteiger partial charge on any atom is 0.319 e. The summed E-state index contributed by atoms with van der Waals surface area (Å²) in [6.07, 6.45) is 0.767. The Morgan fingerprint density at radius 2 is 1.93 bits per heavy atom. The lowest BCUT2D eigenvalue weighted by Gasteiger charge is -2.24. The fraction of sp³-hybridized carbons (Fsp3) is 0.333. The largest absolute Gasteiger partial charge is 0.490 e. The Balaban J connectivity index is 1.61. The Hall–Kier alpha value is -3.02. The maximum atomic E-state index is 12.5. The molecule has 0 bridgehead atoms. The number of amides is 3. The van der Waals surface area contributed by atoms with Gasteiger partial charge < -0.3 is 20.3 Å². The molecule has 27 heavy (non-hydrogen) atoms. The summed E-state index contributed by atoms with van der Waals surface area (Å²) in [6.45, 7) is 4.55. The summed E-state index contributed by atoms with van der Waals surface area (Å²) in [5.74, 6) is 0.583. The molecule has 0 atom stereocenters. The molecule has 0 radical (unpaired) electrons. The van der Waals surface area contributed by atoms with E-state index in [4.69, 9.17) is 4.74 Å². The summed E-state index contributed by atoms with van der Waals surface area (Å²) < 4.78 is 5.83. The summed E-state index contributed by atoms with van der Waals surface area (Å²) in [5, 5.41) is 5.66. The van der Waals surface area contributed by atoms with Crippen LogP contribution >= 0.6 is 0 Å². The second kappa shape index (κ2) is 7.70. The first-order valence-corrected chi connectivity index (χ1v) is 9.00. The fourth-order valence-electron chi connectivity index (χ4n) is 3.01. The molecule has 0 fully saturated rings. The van der Waals surface area contributed by atoms with Gasteiger partial charge in [-0.1, -0.05) is 30.3 Å². The first-order chi connectivity index (χ1) is 12.9. The zero-order chi connectivity index (χ0) is 19.4. The lowest BCUT2D eigenvalue weighted by Crippen LogP contribution is -2.39. The fourth-order valence-corrected chi connectivity index (χ4v) is 3.01. The van der Waals surface area contributed by atoms with Crippen molar-refractivity contribution < 1.29 is 14.3 Å². The van der Waals surface area contributed by atoms with Crippen molar-refractivity contribution in [2.24, 2.45) is 5.41 Å². The first-order valence-electron chi connectivity index (χ1n) is 9.00. The molecule has 0 unspecified atom stereocenters. The van der Waals surface area contributed by atoms with Crippen LogP contribution in [0, 0.1) is 5.41 Å². The molecule has 2 aromatic carbocycles. The van der Waals surface area contributed by atoms with Crippen LogP contribution in [0.3, 0.4) is 0 Å². The molecule has 3 rings (SSSR count). The summed E-state index contributed by atoms with van der Waals surface area (Å²) in [5.41, 5.74) is 1.88. The number of benzene rings is 2. The standard InChI is InChI=1S/C21H25N3O3/c1-21(2)14-27-18-13-16(9-10-17(18)24(3)19(21)25)23-20(26)22-12-11-15-7-5-4-6-8-15/h4-10,13H,11-12,14H2,1-3H3,(H2,22,23,26). The molecule has 0 saturated carbocycles. The van der Waals surface area contributed by atoms with Gasteiger partial charge in [0, 0.05) is 25.3 Å². The number of rotatable bonds is 4. The maximum absolute atomic E-state index is 12.5. The van der Waals surface area contributed by atoms with Crippen LogP contribution in [0.2, 0.25) is 0 Å². The number of ether oxygens (including phenoxy) is 1. The van der Waals surface area contributed by atoms with Crippen molar-refractivity contribution in [2.75, 3.05) is 30.4 Å². The van der Waals surface area contributed by atoms with E-state index in [1.54, 1.807) is 30.1 Å². The monoisotopic (exact) mass is 367 g/mol. The molecule has 0 saturated heterocycles. The average Bonchev–Trinajstić information content (AvgIpc) is 2.73. The molecular formula is C21H25N3O3. The van der Waals surface area contributed by atoms with Gasteiger partial charge in [-0.3, -0.25) is 4.79 Å². The zero-order valence-corrected chi connectivity index (χ0v) is 15.9. The van der Waals surface area contributed by atoms with E-state index in [1.807, 2.05) is 44.2 Å². The van der Waals surface area contributed by atoms with E-state index < -0.39 is 5.41 Å². The quantitative estimate of drug-likeness (QED) is 0.870. The van der Waals surface area contributed by atoms with Crippen LogP contribution in [0.25, 0.3) is 0 Å². The number of carbonyl (C=O) groups is 2. The van der Waals surface area contributed by atoms with Gasteiger partial charge in [-0.2, -0.15) is 0 Å². The summed E-state index contributed by atoms with van der Waals surface area (Å²) in [7, 11) is 1.74. The van der Waals surface area contributed by atoms with Gasteiger partial charge in [0.05, 0.1) is 11.1 Å². The molecule has 1 aliphatic heterocycles. The van der Waals surface area contributed by atoms with Crippen molar-refractivity contribution in [3.63, 3.8) is 0 Å². The topological polar surface area (TPSA) is 70.7 Å². The van der Waals surface area contributed by atoms with Crippen molar-refractivity contribution in [3.8, 4) is 5.75 Å². The van der Waals surface area contributed by atoms with Gasteiger partial charge in [-0.15, -0.1) is 0 Å². The molecule has 0 spiro atoms. The van der Waals surface area contributed by atoms with Crippen molar-refractivity contribution >= 4 is 23.3 Å². The third-order valence-electron chi connectivity index (χ3n) is 4.59. The molecule has 0 aromatic heterocycles. The molecule has 1 heterocycles. The van der Waals surface area contributed by atoms with Crippen molar-refractivity contribution in [1.82, 2.24) is 5.32 Å². The molecule has 6 nitrogen and oxygen atoms in total.